The lowest BCUT2D eigenvalue weighted by atomic mass is 9.70. The highest BCUT2D eigenvalue weighted by Crippen LogP contribution is 2.68. The molecule has 1 saturated carbocycles. The number of ketones is 1. The molecule has 1 aromatic heterocycles. The SMILES string of the molecule is COc1cncc2c1[C@]1(O)C(=O)[C@H](C(=O)O)[C@@H](c3ccccc3)[C@]1(c1ccc(C(F)F)cc1)O2. The molecular formula is C25H19F2NO6. The van der Waals surface area contributed by atoms with Crippen LogP contribution >= 0.6 is 0 Å². The van der Waals surface area contributed by atoms with Crippen LogP contribution in [0.2, 0.25) is 0 Å². The third-order valence-corrected chi connectivity index (χ3v) is 6.69. The lowest BCUT2D eigenvalue weighted by Crippen LogP contribution is -2.50. The number of alkyl halides is 2. The van der Waals surface area contributed by atoms with Crippen LogP contribution in [0.25, 0.3) is 0 Å². The van der Waals surface area contributed by atoms with Crippen molar-refractivity contribution >= 4 is 11.8 Å². The molecule has 0 saturated heterocycles. The predicted octanol–water partition coefficient (Wildman–Crippen LogP) is 3.57. The van der Waals surface area contributed by atoms with Crippen LogP contribution in [0.3, 0.4) is 0 Å². The number of carboxylic acids is 1. The van der Waals surface area contributed by atoms with Crippen molar-refractivity contribution in [2.24, 2.45) is 5.92 Å². The summed E-state index contributed by atoms with van der Waals surface area (Å²) in [5.41, 5.74) is -4.19. The molecule has 7 nitrogen and oxygen atoms in total. The number of hydrogen-bond acceptors (Lipinski definition) is 6. The number of Topliss-reactive ketones (excluding diaryl/α,β-unsaturated/α-hetero) is 1. The molecular weight excluding hydrogens is 448 g/mol. The Hall–Kier alpha value is -3.85. The molecule has 34 heavy (non-hydrogen) atoms. The molecule has 0 bridgehead atoms. The summed E-state index contributed by atoms with van der Waals surface area (Å²) in [5.74, 6) is -5.24. The predicted molar refractivity (Wildman–Crippen MR) is 114 cm³/mol. The van der Waals surface area contributed by atoms with E-state index in [1.807, 2.05) is 0 Å². The van der Waals surface area contributed by atoms with E-state index >= 15 is 0 Å². The Labute approximate surface area is 192 Å². The van der Waals surface area contributed by atoms with Gasteiger partial charge in [0, 0.05) is 5.56 Å². The normalized spacial score (nSPS) is 27.3. The molecule has 1 aliphatic heterocycles. The molecule has 0 spiro atoms. The van der Waals surface area contributed by atoms with Gasteiger partial charge in [-0.3, -0.25) is 14.6 Å². The van der Waals surface area contributed by atoms with Gasteiger partial charge in [-0.15, -0.1) is 0 Å². The summed E-state index contributed by atoms with van der Waals surface area (Å²) in [7, 11) is 1.32. The Morgan fingerprint density at radius 3 is 2.38 bits per heavy atom. The van der Waals surface area contributed by atoms with E-state index in [4.69, 9.17) is 9.47 Å². The Balaban J connectivity index is 1.87. The third-order valence-electron chi connectivity index (χ3n) is 6.69. The quantitative estimate of drug-likeness (QED) is 0.553. The van der Waals surface area contributed by atoms with Crippen molar-refractivity contribution in [3.05, 3.63) is 89.2 Å². The Morgan fingerprint density at radius 2 is 1.79 bits per heavy atom. The molecule has 1 aliphatic carbocycles. The van der Waals surface area contributed by atoms with E-state index in [1.54, 1.807) is 30.3 Å². The van der Waals surface area contributed by atoms with E-state index in [-0.39, 0.29) is 28.2 Å². The van der Waals surface area contributed by atoms with Gasteiger partial charge in [0.25, 0.3) is 6.43 Å². The van der Waals surface area contributed by atoms with E-state index in [0.717, 1.165) is 12.1 Å². The Kier molecular flexibility index (Phi) is 4.91. The van der Waals surface area contributed by atoms with Gasteiger partial charge in [-0.05, 0) is 11.1 Å². The van der Waals surface area contributed by atoms with E-state index in [1.165, 1.54) is 31.6 Å². The number of carbonyl (C=O) groups excluding carboxylic acids is 1. The van der Waals surface area contributed by atoms with Crippen LogP contribution in [0.1, 0.15) is 34.6 Å². The molecule has 5 rings (SSSR count). The molecule has 2 N–H and O–H groups in total. The number of pyridine rings is 1. The number of aliphatic hydroxyl groups is 1. The van der Waals surface area contributed by atoms with Crippen LogP contribution in [0, 0.1) is 5.92 Å². The third kappa shape index (κ3) is 2.67. The monoisotopic (exact) mass is 467 g/mol. The highest BCUT2D eigenvalue weighted by atomic mass is 19.3. The highest BCUT2D eigenvalue weighted by molar-refractivity contribution is 6.09. The summed E-state index contributed by atoms with van der Waals surface area (Å²) in [5, 5.41) is 22.3. The molecule has 1 fully saturated rings. The van der Waals surface area contributed by atoms with Gasteiger partial charge in [0.2, 0.25) is 5.60 Å². The summed E-state index contributed by atoms with van der Waals surface area (Å²) < 4.78 is 38.2. The number of benzene rings is 2. The van der Waals surface area contributed by atoms with Gasteiger partial charge >= 0.3 is 5.97 Å². The summed E-state index contributed by atoms with van der Waals surface area (Å²) in [6, 6.07) is 13.3. The smallest absolute Gasteiger partial charge is 0.314 e. The van der Waals surface area contributed by atoms with Crippen molar-refractivity contribution < 1.29 is 38.1 Å². The second-order valence-corrected chi connectivity index (χ2v) is 8.25. The van der Waals surface area contributed by atoms with Gasteiger partial charge in [-0.2, -0.15) is 0 Å². The fourth-order valence-corrected chi connectivity index (χ4v) is 5.32. The summed E-state index contributed by atoms with van der Waals surface area (Å²) >= 11 is 0. The molecule has 0 unspecified atom stereocenters. The van der Waals surface area contributed by atoms with Gasteiger partial charge in [-0.1, -0.05) is 54.6 Å². The molecule has 174 valence electrons. The van der Waals surface area contributed by atoms with Gasteiger partial charge < -0.3 is 19.7 Å². The van der Waals surface area contributed by atoms with Crippen molar-refractivity contribution in [2.75, 3.05) is 7.11 Å². The molecule has 3 aromatic rings. The fourth-order valence-electron chi connectivity index (χ4n) is 5.32. The molecule has 2 aliphatic rings. The van der Waals surface area contributed by atoms with Crippen LogP contribution < -0.4 is 9.47 Å². The number of hydrogen-bond donors (Lipinski definition) is 2. The first kappa shape index (κ1) is 22.0. The number of methoxy groups -OCH3 is 1. The summed E-state index contributed by atoms with van der Waals surface area (Å²) in [6.07, 6.45) is -0.151. The topological polar surface area (TPSA) is 106 Å². The second kappa shape index (κ2) is 7.59. The largest absolute Gasteiger partial charge is 0.495 e. The number of aliphatic carboxylic acids is 1. The summed E-state index contributed by atoms with van der Waals surface area (Å²) in [6.45, 7) is 0. The zero-order chi connectivity index (χ0) is 24.3. The molecule has 9 heteroatoms. The van der Waals surface area contributed by atoms with E-state index < -0.39 is 41.2 Å². The number of carbonyl (C=O) groups is 2. The van der Waals surface area contributed by atoms with Crippen LogP contribution in [0.4, 0.5) is 8.78 Å². The van der Waals surface area contributed by atoms with Crippen molar-refractivity contribution in [3.8, 4) is 11.5 Å². The molecule has 0 radical (unpaired) electrons. The maximum atomic E-state index is 13.8. The van der Waals surface area contributed by atoms with Gasteiger partial charge in [-0.25, -0.2) is 8.78 Å². The standard InChI is InChI=1S/C25H19F2NO6/c1-33-16-11-28-12-17-20(16)24(32)21(29)18(23(30)31)19(13-5-3-2-4-6-13)25(24,34-17)15-9-7-14(8-10-15)22(26)27/h2-12,18-19,22,32H,1H3,(H,30,31)/t18-,19-,24+,25+/m1/s1. The lowest BCUT2D eigenvalue weighted by Gasteiger charge is -2.39. The van der Waals surface area contributed by atoms with Crippen molar-refractivity contribution in [1.82, 2.24) is 4.98 Å². The number of nitrogens with zero attached hydrogens (tertiary/aromatic N) is 1. The molecule has 2 heterocycles. The number of fused-ring (bicyclic) bond motifs is 3. The van der Waals surface area contributed by atoms with Crippen LogP contribution in [0.15, 0.2) is 67.0 Å². The Morgan fingerprint density at radius 1 is 1.12 bits per heavy atom. The summed E-state index contributed by atoms with van der Waals surface area (Å²) in [4.78, 5) is 30.3. The van der Waals surface area contributed by atoms with Crippen LogP contribution in [-0.2, 0) is 20.8 Å². The minimum Gasteiger partial charge on any atom is -0.495 e. The maximum Gasteiger partial charge on any atom is 0.314 e. The zero-order valence-electron chi connectivity index (χ0n) is 17.8. The zero-order valence-corrected chi connectivity index (χ0v) is 17.8. The molecule has 2 aromatic carbocycles. The number of ether oxygens (including phenoxy) is 2. The van der Waals surface area contributed by atoms with Gasteiger partial charge in [0.05, 0.1) is 31.0 Å². The van der Waals surface area contributed by atoms with E-state index in [9.17, 15) is 28.6 Å². The first-order valence-corrected chi connectivity index (χ1v) is 10.4. The molecule has 0 amide bonds. The average Bonchev–Trinajstić information content (AvgIpc) is 3.23. The maximum absolute atomic E-state index is 13.8. The van der Waals surface area contributed by atoms with Crippen molar-refractivity contribution in [2.45, 2.75) is 23.5 Å². The van der Waals surface area contributed by atoms with E-state index in [2.05, 4.69) is 4.98 Å². The lowest BCUT2D eigenvalue weighted by molar-refractivity contribution is -0.154. The van der Waals surface area contributed by atoms with Crippen molar-refractivity contribution in [1.29, 1.82) is 0 Å². The van der Waals surface area contributed by atoms with Gasteiger partial charge in [0.1, 0.15) is 17.4 Å². The Bertz CT molecular complexity index is 1280. The van der Waals surface area contributed by atoms with Gasteiger partial charge in [0.15, 0.2) is 11.4 Å². The van der Waals surface area contributed by atoms with Crippen LogP contribution in [-0.4, -0.2) is 34.1 Å². The highest BCUT2D eigenvalue weighted by Gasteiger charge is 2.78. The average molecular weight is 467 g/mol. The number of halogens is 2. The second-order valence-electron chi connectivity index (χ2n) is 8.25. The minimum absolute atomic E-state index is 0.0391. The minimum atomic E-state index is -2.74. The van der Waals surface area contributed by atoms with Crippen LogP contribution in [0.5, 0.6) is 11.5 Å². The van der Waals surface area contributed by atoms with Crippen molar-refractivity contribution in [3.63, 3.8) is 0 Å². The first-order valence-electron chi connectivity index (χ1n) is 10.4. The molecule has 4 atom stereocenters. The number of aromatic nitrogens is 1. The number of carboxylic acid groups (broad SMARTS) is 1. The van der Waals surface area contributed by atoms with E-state index in [0.29, 0.717) is 5.56 Å². The first-order chi connectivity index (χ1) is 16.3. The number of rotatable bonds is 5. The fraction of sp³-hybridized carbons (Fsp3) is 0.240.